The van der Waals surface area contributed by atoms with Gasteiger partial charge in [-0.2, -0.15) is 0 Å². The molecule has 1 aromatic rings. The molecule has 122 valence electrons. The van der Waals surface area contributed by atoms with Crippen LogP contribution in [0.25, 0.3) is 0 Å². The van der Waals surface area contributed by atoms with Gasteiger partial charge in [-0.25, -0.2) is 12.7 Å². The van der Waals surface area contributed by atoms with Gasteiger partial charge in [-0.15, -0.1) is 11.3 Å². The first-order valence-corrected chi connectivity index (χ1v) is 10.2. The first kappa shape index (κ1) is 16.0. The standard InChI is InChI=1S/C15H22N2O3S2/c1-2-8-22(19,20)17-6-5-15(11-17)9-13(15)14(18)16-10-12-4-3-7-21-12/h3-4,7,13H,2,5-6,8-11H2,1H3,(H,16,18)/t13-,15-/m1/s1. The van der Waals surface area contributed by atoms with Crippen LogP contribution in [0.3, 0.4) is 0 Å². The summed E-state index contributed by atoms with van der Waals surface area (Å²) in [5, 5.41) is 4.97. The van der Waals surface area contributed by atoms with Crippen LogP contribution in [-0.2, 0) is 21.4 Å². The molecule has 0 unspecified atom stereocenters. The normalized spacial score (nSPS) is 28.1. The fraction of sp³-hybridized carbons (Fsp3) is 0.667. The predicted octanol–water partition coefficient (Wildman–Crippen LogP) is 1.82. The van der Waals surface area contributed by atoms with Gasteiger partial charge in [-0.1, -0.05) is 13.0 Å². The topological polar surface area (TPSA) is 66.5 Å². The summed E-state index contributed by atoms with van der Waals surface area (Å²) in [7, 11) is -3.13. The van der Waals surface area contributed by atoms with Crippen LogP contribution in [0.15, 0.2) is 17.5 Å². The Kier molecular flexibility index (Phi) is 4.31. The van der Waals surface area contributed by atoms with Crippen LogP contribution in [0.5, 0.6) is 0 Å². The van der Waals surface area contributed by atoms with Crippen molar-refractivity contribution in [2.45, 2.75) is 32.7 Å². The molecule has 0 bridgehead atoms. The average molecular weight is 342 g/mol. The zero-order valence-corrected chi connectivity index (χ0v) is 14.4. The monoisotopic (exact) mass is 342 g/mol. The maximum atomic E-state index is 12.3. The average Bonchev–Trinajstić information content (AvgIpc) is 2.82. The third kappa shape index (κ3) is 3.07. The van der Waals surface area contributed by atoms with Gasteiger partial charge in [0.2, 0.25) is 15.9 Å². The lowest BCUT2D eigenvalue weighted by Gasteiger charge is -2.16. The van der Waals surface area contributed by atoms with E-state index >= 15 is 0 Å². The molecule has 1 spiro atoms. The largest absolute Gasteiger partial charge is 0.351 e. The highest BCUT2D eigenvalue weighted by Crippen LogP contribution is 2.58. The molecule has 22 heavy (non-hydrogen) atoms. The summed E-state index contributed by atoms with van der Waals surface area (Å²) in [5.74, 6) is 0.260. The van der Waals surface area contributed by atoms with E-state index in [0.29, 0.717) is 26.1 Å². The Morgan fingerprint density at radius 1 is 1.55 bits per heavy atom. The van der Waals surface area contributed by atoms with Crippen LogP contribution in [0.4, 0.5) is 0 Å². The van der Waals surface area contributed by atoms with Gasteiger partial charge in [0, 0.05) is 23.9 Å². The summed E-state index contributed by atoms with van der Waals surface area (Å²) in [4.78, 5) is 13.4. The minimum Gasteiger partial charge on any atom is -0.351 e. The summed E-state index contributed by atoms with van der Waals surface area (Å²) in [5.41, 5.74) is -0.0969. The van der Waals surface area contributed by atoms with Crippen LogP contribution in [0.1, 0.15) is 31.1 Å². The van der Waals surface area contributed by atoms with E-state index < -0.39 is 10.0 Å². The van der Waals surface area contributed by atoms with E-state index in [0.717, 1.165) is 17.7 Å². The maximum absolute atomic E-state index is 12.3. The number of nitrogens with zero attached hydrogens (tertiary/aromatic N) is 1. The molecule has 1 saturated carbocycles. The summed E-state index contributed by atoms with van der Waals surface area (Å²) in [6.07, 6.45) is 2.27. The second kappa shape index (κ2) is 5.94. The molecule has 2 aliphatic rings. The Morgan fingerprint density at radius 2 is 2.36 bits per heavy atom. The second-order valence-electron chi connectivity index (χ2n) is 6.32. The first-order valence-electron chi connectivity index (χ1n) is 7.75. The Morgan fingerprint density at radius 3 is 3.05 bits per heavy atom. The van der Waals surface area contributed by atoms with Crippen LogP contribution in [0, 0.1) is 11.3 Å². The Balaban J connectivity index is 1.54. The number of amides is 1. The Labute approximate surface area is 135 Å². The highest BCUT2D eigenvalue weighted by atomic mass is 32.2. The number of hydrogen-bond donors (Lipinski definition) is 1. The fourth-order valence-electron chi connectivity index (χ4n) is 3.36. The number of carbonyl (C=O) groups is 1. The van der Waals surface area contributed by atoms with Gasteiger partial charge in [0.25, 0.3) is 0 Å². The van der Waals surface area contributed by atoms with E-state index in [-0.39, 0.29) is 23.0 Å². The molecule has 0 radical (unpaired) electrons. The van der Waals surface area contributed by atoms with Crippen molar-refractivity contribution in [1.29, 1.82) is 0 Å². The van der Waals surface area contributed by atoms with Gasteiger partial charge in [-0.05, 0) is 36.1 Å². The molecule has 2 fully saturated rings. The van der Waals surface area contributed by atoms with Gasteiger partial charge in [-0.3, -0.25) is 4.79 Å². The van der Waals surface area contributed by atoms with E-state index in [9.17, 15) is 13.2 Å². The molecule has 1 amide bonds. The van der Waals surface area contributed by atoms with E-state index in [4.69, 9.17) is 0 Å². The van der Waals surface area contributed by atoms with Gasteiger partial charge in [0.15, 0.2) is 0 Å². The quantitative estimate of drug-likeness (QED) is 0.857. The maximum Gasteiger partial charge on any atom is 0.224 e. The van der Waals surface area contributed by atoms with Crippen molar-refractivity contribution in [1.82, 2.24) is 9.62 Å². The molecule has 5 nitrogen and oxygen atoms in total. The lowest BCUT2D eigenvalue weighted by atomic mass is 10.0. The molecule has 1 saturated heterocycles. The molecule has 1 aromatic heterocycles. The highest BCUT2D eigenvalue weighted by Gasteiger charge is 2.61. The smallest absolute Gasteiger partial charge is 0.224 e. The molecule has 1 aliphatic heterocycles. The molecule has 2 atom stereocenters. The molecular formula is C15H22N2O3S2. The van der Waals surface area contributed by atoms with Gasteiger partial charge in [0.05, 0.1) is 12.3 Å². The fourth-order valence-corrected chi connectivity index (χ4v) is 5.60. The van der Waals surface area contributed by atoms with E-state index in [1.165, 1.54) is 0 Å². The zero-order chi connectivity index (χ0) is 15.8. The van der Waals surface area contributed by atoms with Crippen molar-refractivity contribution < 1.29 is 13.2 Å². The minimum absolute atomic E-state index is 0.0192. The van der Waals surface area contributed by atoms with Crippen molar-refractivity contribution in [3.8, 4) is 0 Å². The number of nitrogens with one attached hydrogen (secondary N) is 1. The van der Waals surface area contributed by atoms with Crippen LogP contribution in [-0.4, -0.2) is 37.5 Å². The van der Waals surface area contributed by atoms with Crippen LogP contribution >= 0.6 is 11.3 Å². The van der Waals surface area contributed by atoms with E-state index in [2.05, 4.69) is 5.32 Å². The molecule has 0 aromatic carbocycles. The first-order chi connectivity index (χ1) is 10.5. The molecule has 1 aliphatic carbocycles. The van der Waals surface area contributed by atoms with E-state index in [1.807, 2.05) is 24.4 Å². The lowest BCUT2D eigenvalue weighted by Crippen LogP contribution is -2.32. The summed E-state index contributed by atoms with van der Waals surface area (Å²) in [6.45, 7) is 3.53. The third-order valence-electron chi connectivity index (χ3n) is 4.73. The van der Waals surface area contributed by atoms with E-state index in [1.54, 1.807) is 15.6 Å². The van der Waals surface area contributed by atoms with Gasteiger partial charge in [0.1, 0.15) is 0 Å². The third-order valence-corrected chi connectivity index (χ3v) is 7.63. The van der Waals surface area contributed by atoms with Gasteiger partial charge < -0.3 is 5.32 Å². The Bertz CT molecular complexity index is 642. The minimum atomic E-state index is -3.13. The number of hydrogen-bond acceptors (Lipinski definition) is 4. The van der Waals surface area contributed by atoms with Crippen molar-refractivity contribution in [2.75, 3.05) is 18.8 Å². The summed E-state index contributed by atoms with van der Waals surface area (Å²) < 4.78 is 25.9. The number of rotatable bonds is 6. The molecule has 2 heterocycles. The number of carbonyl (C=O) groups excluding carboxylic acids is 1. The van der Waals surface area contributed by atoms with Crippen molar-refractivity contribution in [3.63, 3.8) is 0 Å². The summed E-state index contributed by atoms with van der Waals surface area (Å²) in [6, 6.07) is 3.97. The molecule has 7 heteroatoms. The summed E-state index contributed by atoms with van der Waals surface area (Å²) >= 11 is 1.63. The SMILES string of the molecule is CCCS(=O)(=O)N1CC[C@@]2(C[C@@H]2C(=O)NCc2cccs2)C1. The molecular weight excluding hydrogens is 320 g/mol. The van der Waals surface area contributed by atoms with Crippen LogP contribution in [0.2, 0.25) is 0 Å². The van der Waals surface area contributed by atoms with Crippen molar-refractivity contribution in [3.05, 3.63) is 22.4 Å². The Hall–Kier alpha value is -0.920. The van der Waals surface area contributed by atoms with Gasteiger partial charge >= 0.3 is 0 Å². The van der Waals surface area contributed by atoms with Crippen molar-refractivity contribution >= 4 is 27.3 Å². The highest BCUT2D eigenvalue weighted by molar-refractivity contribution is 7.89. The van der Waals surface area contributed by atoms with Crippen molar-refractivity contribution in [2.24, 2.45) is 11.3 Å². The second-order valence-corrected chi connectivity index (χ2v) is 9.44. The lowest BCUT2D eigenvalue weighted by molar-refractivity contribution is -0.123. The number of thiophene rings is 1. The number of sulfonamides is 1. The molecule has 3 rings (SSSR count). The molecule has 1 N–H and O–H groups in total. The zero-order valence-electron chi connectivity index (χ0n) is 12.7. The predicted molar refractivity (Wildman–Crippen MR) is 87.0 cm³/mol. The van der Waals surface area contributed by atoms with Crippen LogP contribution < -0.4 is 5.32 Å².